The fourth-order valence-electron chi connectivity index (χ4n) is 5.87. The SMILES string of the molecule is Cc1ccc2oc(C3CCN(c4c(C(N)O)c(=O)n(C)c5cc(N6CC(O)C6)c(C)cc45)CC3)nc2c1. The summed E-state index contributed by atoms with van der Waals surface area (Å²) in [7, 11) is 1.71. The van der Waals surface area contributed by atoms with E-state index in [1.165, 1.54) is 0 Å². The second kappa shape index (κ2) is 8.86. The fourth-order valence-corrected chi connectivity index (χ4v) is 5.87. The van der Waals surface area contributed by atoms with Gasteiger partial charge in [-0.2, -0.15) is 0 Å². The molecule has 0 amide bonds. The lowest BCUT2D eigenvalue weighted by Crippen LogP contribution is -2.51. The molecule has 6 rings (SSSR count). The number of rotatable bonds is 4. The van der Waals surface area contributed by atoms with E-state index in [1.807, 2.05) is 38.1 Å². The van der Waals surface area contributed by atoms with Gasteiger partial charge in [-0.3, -0.25) is 4.79 Å². The normalized spacial score (nSPS) is 18.1. The molecule has 1 atom stereocenters. The Balaban J connectivity index is 1.37. The van der Waals surface area contributed by atoms with Crippen LogP contribution in [0.2, 0.25) is 0 Å². The van der Waals surface area contributed by atoms with Crippen molar-refractivity contribution in [1.29, 1.82) is 0 Å². The average molecular weight is 504 g/mol. The number of piperidine rings is 1. The summed E-state index contributed by atoms with van der Waals surface area (Å²) in [4.78, 5) is 22.5. The molecule has 2 saturated heterocycles. The topological polar surface area (TPSA) is 121 Å². The van der Waals surface area contributed by atoms with Crippen LogP contribution in [0.15, 0.2) is 39.5 Å². The van der Waals surface area contributed by atoms with Crippen molar-refractivity contribution in [3.05, 3.63) is 63.3 Å². The van der Waals surface area contributed by atoms with Gasteiger partial charge in [0, 0.05) is 50.2 Å². The Bertz CT molecular complexity index is 1560. The molecule has 0 aliphatic carbocycles. The molecule has 2 aliphatic rings. The maximum absolute atomic E-state index is 13.4. The zero-order valence-electron chi connectivity index (χ0n) is 21.4. The third-order valence-electron chi connectivity index (χ3n) is 7.94. The summed E-state index contributed by atoms with van der Waals surface area (Å²) in [5.41, 5.74) is 12.3. The molecule has 4 aromatic rings. The Hall–Kier alpha value is -3.40. The van der Waals surface area contributed by atoms with Crippen molar-refractivity contribution in [3.8, 4) is 0 Å². The van der Waals surface area contributed by atoms with E-state index in [9.17, 15) is 15.0 Å². The van der Waals surface area contributed by atoms with Crippen molar-refractivity contribution in [2.24, 2.45) is 12.8 Å². The molecule has 2 fully saturated rings. The lowest BCUT2D eigenvalue weighted by molar-refractivity contribution is 0.142. The standard InChI is InChI=1S/C28H33N5O4/c1-15-4-5-23-20(10-15)30-27(37-23)17-6-8-32(9-7-17)25-19-11-16(2)21(33-13-18(34)14-33)12-22(19)31(3)28(36)24(25)26(29)35/h4-5,10-12,17-18,26,34-35H,6-9,13-14,29H2,1-3H3. The first kappa shape index (κ1) is 24.0. The summed E-state index contributed by atoms with van der Waals surface area (Å²) in [6.07, 6.45) is -0.0890. The first-order valence-electron chi connectivity index (χ1n) is 12.9. The van der Waals surface area contributed by atoms with E-state index in [1.54, 1.807) is 11.6 Å². The lowest BCUT2D eigenvalue weighted by Gasteiger charge is -2.39. The minimum Gasteiger partial charge on any atom is -0.440 e. The van der Waals surface area contributed by atoms with Crippen molar-refractivity contribution < 1.29 is 14.6 Å². The maximum atomic E-state index is 13.4. The number of aliphatic hydroxyl groups excluding tert-OH is 2. The first-order valence-corrected chi connectivity index (χ1v) is 12.9. The quantitative estimate of drug-likeness (QED) is 0.364. The number of pyridine rings is 1. The van der Waals surface area contributed by atoms with E-state index in [0.29, 0.717) is 31.9 Å². The molecule has 9 heteroatoms. The number of benzene rings is 2. The number of aliphatic hydroxyl groups is 2. The molecular weight excluding hydrogens is 470 g/mol. The summed E-state index contributed by atoms with van der Waals surface area (Å²) in [6.45, 7) is 6.61. The Morgan fingerprint density at radius 1 is 1.11 bits per heavy atom. The minimum absolute atomic E-state index is 0.180. The molecule has 4 heterocycles. The van der Waals surface area contributed by atoms with Crippen molar-refractivity contribution in [1.82, 2.24) is 9.55 Å². The van der Waals surface area contributed by atoms with Crippen LogP contribution in [0.25, 0.3) is 22.0 Å². The van der Waals surface area contributed by atoms with Gasteiger partial charge in [-0.15, -0.1) is 0 Å². The molecule has 2 aromatic carbocycles. The van der Waals surface area contributed by atoms with Crippen LogP contribution < -0.4 is 21.1 Å². The summed E-state index contributed by atoms with van der Waals surface area (Å²) >= 11 is 0. The number of β-amino-alcohol motifs (C(OH)–C–C–N with tert-alkyl or cyclic N) is 1. The van der Waals surface area contributed by atoms with E-state index in [0.717, 1.165) is 57.5 Å². The molecule has 9 nitrogen and oxygen atoms in total. The Labute approximate surface area is 214 Å². The number of hydrogen-bond donors (Lipinski definition) is 3. The van der Waals surface area contributed by atoms with Crippen molar-refractivity contribution in [2.75, 3.05) is 36.0 Å². The van der Waals surface area contributed by atoms with E-state index in [2.05, 4.69) is 15.9 Å². The van der Waals surface area contributed by atoms with Gasteiger partial charge in [-0.05, 0) is 62.1 Å². The minimum atomic E-state index is -1.39. The highest BCUT2D eigenvalue weighted by Crippen LogP contribution is 2.39. The zero-order chi connectivity index (χ0) is 26.0. The number of anilines is 2. The van der Waals surface area contributed by atoms with Crippen LogP contribution in [0.1, 0.15) is 47.6 Å². The fraction of sp³-hybridized carbons (Fsp3) is 0.429. The van der Waals surface area contributed by atoms with E-state index in [4.69, 9.17) is 15.1 Å². The molecule has 0 saturated carbocycles. The Kier molecular flexibility index (Phi) is 5.74. The van der Waals surface area contributed by atoms with Crippen LogP contribution >= 0.6 is 0 Å². The average Bonchev–Trinajstić information content (AvgIpc) is 3.27. The number of nitrogens with zero attached hydrogens (tertiary/aromatic N) is 4. The monoisotopic (exact) mass is 503 g/mol. The zero-order valence-corrected chi connectivity index (χ0v) is 21.4. The second-order valence-electron chi connectivity index (χ2n) is 10.6. The van der Waals surface area contributed by atoms with Gasteiger partial charge in [-0.1, -0.05) is 6.07 Å². The molecule has 2 aliphatic heterocycles. The highest BCUT2D eigenvalue weighted by Gasteiger charge is 2.31. The Morgan fingerprint density at radius 2 is 1.84 bits per heavy atom. The van der Waals surface area contributed by atoms with Gasteiger partial charge in [0.2, 0.25) is 0 Å². The van der Waals surface area contributed by atoms with Crippen LogP contribution in [0.5, 0.6) is 0 Å². The van der Waals surface area contributed by atoms with Gasteiger partial charge in [0.15, 0.2) is 11.5 Å². The van der Waals surface area contributed by atoms with Crippen molar-refractivity contribution >= 4 is 33.4 Å². The summed E-state index contributed by atoms with van der Waals surface area (Å²) in [6, 6.07) is 10.1. The van der Waals surface area contributed by atoms with E-state index < -0.39 is 6.23 Å². The van der Waals surface area contributed by atoms with Crippen LogP contribution in [-0.2, 0) is 7.05 Å². The van der Waals surface area contributed by atoms with E-state index in [-0.39, 0.29) is 23.1 Å². The van der Waals surface area contributed by atoms with E-state index >= 15 is 0 Å². The smallest absolute Gasteiger partial charge is 0.260 e. The van der Waals surface area contributed by atoms with Crippen LogP contribution in [0.3, 0.4) is 0 Å². The number of nitrogens with two attached hydrogens (primary N) is 1. The largest absolute Gasteiger partial charge is 0.440 e. The third-order valence-corrected chi connectivity index (χ3v) is 7.94. The van der Waals surface area contributed by atoms with Gasteiger partial charge >= 0.3 is 0 Å². The van der Waals surface area contributed by atoms with Crippen LogP contribution in [0.4, 0.5) is 11.4 Å². The van der Waals surface area contributed by atoms with Crippen LogP contribution in [0, 0.1) is 13.8 Å². The van der Waals surface area contributed by atoms with Crippen molar-refractivity contribution in [3.63, 3.8) is 0 Å². The molecular formula is C28H33N5O4. The van der Waals surface area contributed by atoms with Gasteiger partial charge in [0.05, 0.1) is 22.9 Å². The maximum Gasteiger partial charge on any atom is 0.260 e. The van der Waals surface area contributed by atoms with Gasteiger partial charge in [0.1, 0.15) is 11.7 Å². The molecule has 2 aromatic heterocycles. The van der Waals surface area contributed by atoms with Gasteiger partial charge < -0.3 is 34.7 Å². The molecule has 37 heavy (non-hydrogen) atoms. The summed E-state index contributed by atoms with van der Waals surface area (Å²) in [5.74, 6) is 0.935. The summed E-state index contributed by atoms with van der Waals surface area (Å²) < 4.78 is 7.65. The first-order chi connectivity index (χ1) is 17.7. The summed E-state index contributed by atoms with van der Waals surface area (Å²) in [5, 5.41) is 21.2. The third kappa shape index (κ3) is 3.98. The molecule has 0 bridgehead atoms. The molecule has 4 N–H and O–H groups in total. The number of oxazole rings is 1. The predicted octanol–water partition coefficient (Wildman–Crippen LogP) is 2.81. The van der Waals surface area contributed by atoms with Gasteiger partial charge in [-0.25, -0.2) is 4.98 Å². The molecule has 1 unspecified atom stereocenters. The number of aryl methyl sites for hydroxylation is 3. The molecule has 0 spiro atoms. The number of aromatic nitrogens is 2. The van der Waals surface area contributed by atoms with Crippen LogP contribution in [-0.4, -0.2) is 52.0 Å². The van der Waals surface area contributed by atoms with Gasteiger partial charge in [0.25, 0.3) is 5.56 Å². The lowest BCUT2D eigenvalue weighted by atomic mass is 9.94. The van der Waals surface area contributed by atoms with Crippen molar-refractivity contribution in [2.45, 2.75) is 44.9 Å². The molecule has 0 radical (unpaired) electrons. The Morgan fingerprint density at radius 3 is 2.51 bits per heavy atom. The molecule has 194 valence electrons. The number of fused-ring (bicyclic) bond motifs is 2. The number of hydrogen-bond acceptors (Lipinski definition) is 8. The highest BCUT2D eigenvalue weighted by molar-refractivity contribution is 5.97. The predicted molar refractivity (Wildman–Crippen MR) is 144 cm³/mol. The highest BCUT2D eigenvalue weighted by atomic mass is 16.3. The second-order valence-corrected chi connectivity index (χ2v) is 10.6.